The van der Waals surface area contributed by atoms with E-state index in [1.807, 2.05) is 0 Å². The second-order valence-corrected chi connectivity index (χ2v) is 9.62. The Labute approximate surface area is 205 Å². The van der Waals surface area contributed by atoms with Gasteiger partial charge in [0.15, 0.2) is 11.4 Å². The zero-order chi connectivity index (χ0) is 23.6. The molecule has 7 nitrogen and oxygen atoms in total. The summed E-state index contributed by atoms with van der Waals surface area (Å²) < 4.78 is 7.17. The third kappa shape index (κ3) is 4.55. The van der Waals surface area contributed by atoms with E-state index in [0.717, 1.165) is 0 Å². The number of nitrogens with one attached hydrogen (secondary N) is 1. The zero-order valence-corrected chi connectivity index (χ0v) is 20.0. The highest BCUT2D eigenvalue weighted by atomic mass is 35.5. The SMILES string of the molecule is COc1c(C(=O)NC2(C(=O)O)CCSCC2)nn(-c2ccccc2Cl)c1-c1ccc(Cl)cc1. The number of ether oxygens (including phenoxy) is 1. The molecule has 1 fully saturated rings. The monoisotopic (exact) mass is 505 g/mol. The Kier molecular flexibility index (Phi) is 6.88. The molecule has 0 aliphatic carbocycles. The van der Waals surface area contributed by atoms with Gasteiger partial charge in [0.25, 0.3) is 5.91 Å². The van der Waals surface area contributed by atoms with E-state index in [-0.39, 0.29) is 11.4 Å². The lowest BCUT2D eigenvalue weighted by Crippen LogP contribution is -2.56. The van der Waals surface area contributed by atoms with Crippen LogP contribution >= 0.6 is 35.0 Å². The van der Waals surface area contributed by atoms with E-state index in [4.69, 9.17) is 27.9 Å². The number of para-hydroxylation sites is 1. The van der Waals surface area contributed by atoms with E-state index in [0.29, 0.717) is 51.3 Å². The Balaban J connectivity index is 1.86. The first kappa shape index (κ1) is 23.5. The number of amides is 1. The van der Waals surface area contributed by atoms with Gasteiger partial charge in [0.05, 0.1) is 17.8 Å². The highest BCUT2D eigenvalue weighted by molar-refractivity contribution is 7.99. The summed E-state index contributed by atoms with van der Waals surface area (Å²) in [5.41, 5.74) is 0.368. The minimum atomic E-state index is -1.35. The Morgan fingerprint density at radius 1 is 1.12 bits per heavy atom. The second-order valence-electron chi connectivity index (χ2n) is 7.55. The lowest BCUT2D eigenvalue weighted by Gasteiger charge is -2.33. The lowest BCUT2D eigenvalue weighted by molar-refractivity contribution is -0.144. The number of thioether (sulfide) groups is 1. The fourth-order valence-electron chi connectivity index (χ4n) is 3.79. The molecule has 1 aliphatic heterocycles. The number of rotatable bonds is 6. The van der Waals surface area contributed by atoms with E-state index in [1.54, 1.807) is 60.3 Å². The van der Waals surface area contributed by atoms with Crippen LogP contribution in [0, 0.1) is 0 Å². The number of methoxy groups -OCH3 is 1. The van der Waals surface area contributed by atoms with E-state index in [9.17, 15) is 14.7 Å². The maximum Gasteiger partial charge on any atom is 0.329 e. The third-order valence-electron chi connectivity index (χ3n) is 5.57. The lowest BCUT2D eigenvalue weighted by atomic mass is 9.92. The van der Waals surface area contributed by atoms with Crippen molar-refractivity contribution in [2.24, 2.45) is 0 Å². The molecule has 3 aromatic rings. The summed E-state index contributed by atoms with van der Waals surface area (Å²) in [5.74, 6) is -0.178. The van der Waals surface area contributed by atoms with Gasteiger partial charge < -0.3 is 15.2 Å². The normalized spacial score (nSPS) is 15.1. The van der Waals surface area contributed by atoms with E-state index in [2.05, 4.69) is 10.4 Å². The molecule has 10 heteroatoms. The van der Waals surface area contributed by atoms with Crippen LogP contribution in [0.4, 0.5) is 0 Å². The number of carboxylic acids is 1. The molecular weight excluding hydrogens is 485 g/mol. The first-order valence-electron chi connectivity index (χ1n) is 10.2. The number of aliphatic carboxylic acids is 1. The Bertz CT molecular complexity index is 1190. The molecule has 33 heavy (non-hydrogen) atoms. The smallest absolute Gasteiger partial charge is 0.329 e. The van der Waals surface area contributed by atoms with Gasteiger partial charge >= 0.3 is 5.97 Å². The number of carboxylic acid groups (broad SMARTS) is 1. The van der Waals surface area contributed by atoms with Crippen LogP contribution < -0.4 is 10.1 Å². The standard InChI is InChI=1S/C23H21Cl2N3O4S/c1-32-20-18(21(29)26-23(22(30)31)10-12-33-13-11-23)27-28(17-5-3-2-4-16(17)25)19(20)14-6-8-15(24)9-7-14/h2-9H,10-13H2,1H3,(H,26,29)(H,30,31). The molecule has 0 atom stereocenters. The molecule has 2 heterocycles. The van der Waals surface area contributed by atoms with Crippen molar-refractivity contribution in [2.45, 2.75) is 18.4 Å². The summed E-state index contributed by atoms with van der Waals surface area (Å²) in [6, 6.07) is 14.1. The van der Waals surface area contributed by atoms with Gasteiger partial charge in [-0.2, -0.15) is 16.9 Å². The number of nitrogens with zero attached hydrogens (tertiary/aromatic N) is 2. The largest absolute Gasteiger partial charge is 0.492 e. The first-order valence-corrected chi connectivity index (χ1v) is 12.1. The van der Waals surface area contributed by atoms with Crippen LogP contribution in [0.25, 0.3) is 16.9 Å². The summed E-state index contributed by atoms with van der Waals surface area (Å²) in [6.45, 7) is 0. The summed E-state index contributed by atoms with van der Waals surface area (Å²) in [7, 11) is 1.44. The van der Waals surface area contributed by atoms with Crippen LogP contribution in [0.2, 0.25) is 10.0 Å². The molecule has 1 aliphatic rings. The highest BCUT2D eigenvalue weighted by Crippen LogP contribution is 2.38. The number of hydrogen-bond acceptors (Lipinski definition) is 5. The van der Waals surface area contributed by atoms with E-state index >= 15 is 0 Å². The summed E-state index contributed by atoms with van der Waals surface area (Å²) >= 11 is 14.2. The fraction of sp³-hybridized carbons (Fsp3) is 0.261. The van der Waals surface area contributed by atoms with Crippen molar-refractivity contribution in [1.29, 1.82) is 0 Å². The summed E-state index contributed by atoms with van der Waals surface area (Å²) in [6.07, 6.45) is 0.659. The molecule has 4 rings (SSSR count). The highest BCUT2D eigenvalue weighted by Gasteiger charge is 2.42. The molecule has 0 saturated carbocycles. The number of benzene rings is 2. The predicted octanol–water partition coefficient (Wildman–Crippen LogP) is 4.93. The average Bonchev–Trinajstić information content (AvgIpc) is 3.20. The van der Waals surface area contributed by atoms with Crippen LogP contribution in [-0.4, -0.2) is 50.9 Å². The molecule has 0 bridgehead atoms. The molecule has 2 N–H and O–H groups in total. The van der Waals surface area contributed by atoms with Crippen LogP contribution in [0.5, 0.6) is 5.75 Å². The van der Waals surface area contributed by atoms with Gasteiger partial charge in [0.2, 0.25) is 0 Å². The predicted molar refractivity (Wildman–Crippen MR) is 130 cm³/mol. The van der Waals surface area contributed by atoms with Crippen molar-refractivity contribution >= 4 is 46.8 Å². The van der Waals surface area contributed by atoms with Crippen molar-refractivity contribution < 1.29 is 19.4 Å². The summed E-state index contributed by atoms with van der Waals surface area (Å²) in [5, 5.41) is 18.1. The molecule has 172 valence electrons. The van der Waals surface area contributed by atoms with E-state index < -0.39 is 17.4 Å². The second kappa shape index (κ2) is 9.67. The Morgan fingerprint density at radius 3 is 2.39 bits per heavy atom. The van der Waals surface area contributed by atoms with Crippen molar-refractivity contribution in [3.63, 3.8) is 0 Å². The van der Waals surface area contributed by atoms with Gasteiger partial charge in [0, 0.05) is 10.6 Å². The van der Waals surface area contributed by atoms with Gasteiger partial charge in [-0.15, -0.1) is 0 Å². The number of aromatic nitrogens is 2. The van der Waals surface area contributed by atoms with Gasteiger partial charge in [-0.25, -0.2) is 9.48 Å². The fourth-order valence-corrected chi connectivity index (χ4v) is 5.32. The summed E-state index contributed by atoms with van der Waals surface area (Å²) in [4.78, 5) is 25.5. The number of halogens is 2. The molecule has 0 unspecified atom stereocenters. The number of carbonyl (C=O) groups is 2. The van der Waals surface area contributed by atoms with Crippen LogP contribution in [0.15, 0.2) is 48.5 Å². The van der Waals surface area contributed by atoms with Gasteiger partial charge in [0.1, 0.15) is 11.2 Å². The van der Waals surface area contributed by atoms with Crippen LogP contribution in [0.1, 0.15) is 23.3 Å². The Hall–Kier alpha value is -2.68. The first-order chi connectivity index (χ1) is 15.9. The minimum Gasteiger partial charge on any atom is -0.492 e. The number of carbonyl (C=O) groups excluding carboxylic acids is 1. The number of hydrogen-bond donors (Lipinski definition) is 2. The quantitative estimate of drug-likeness (QED) is 0.492. The van der Waals surface area contributed by atoms with Crippen LogP contribution in [0.3, 0.4) is 0 Å². The Morgan fingerprint density at radius 2 is 1.79 bits per heavy atom. The molecule has 0 spiro atoms. The van der Waals surface area contributed by atoms with Crippen LogP contribution in [-0.2, 0) is 4.79 Å². The van der Waals surface area contributed by atoms with Crippen molar-refractivity contribution in [1.82, 2.24) is 15.1 Å². The third-order valence-corrected chi connectivity index (χ3v) is 7.13. The van der Waals surface area contributed by atoms with Crippen molar-refractivity contribution in [3.8, 4) is 22.7 Å². The van der Waals surface area contributed by atoms with E-state index in [1.165, 1.54) is 11.8 Å². The minimum absolute atomic E-state index is 0.0266. The van der Waals surface area contributed by atoms with Crippen molar-refractivity contribution in [2.75, 3.05) is 18.6 Å². The maximum absolute atomic E-state index is 13.4. The molecule has 1 saturated heterocycles. The maximum atomic E-state index is 13.4. The van der Waals surface area contributed by atoms with Gasteiger partial charge in [-0.1, -0.05) is 47.5 Å². The van der Waals surface area contributed by atoms with Gasteiger partial charge in [-0.05, 0) is 48.6 Å². The average molecular weight is 506 g/mol. The topological polar surface area (TPSA) is 93.4 Å². The molecule has 1 aromatic heterocycles. The molecular formula is C23H21Cl2N3O4S. The zero-order valence-electron chi connectivity index (χ0n) is 17.7. The van der Waals surface area contributed by atoms with Crippen molar-refractivity contribution in [3.05, 3.63) is 64.3 Å². The molecule has 1 amide bonds. The molecule has 0 radical (unpaired) electrons. The molecule has 2 aromatic carbocycles. The van der Waals surface area contributed by atoms with Gasteiger partial charge in [-0.3, -0.25) is 4.79 Å².